The lowest BCUT2D eigenvalue weighted by molar-refractivity contribution is 0.0949. The molecule has 0 aliphatic heterocycles. The maximum Gasteiger partial charge on any atom is 0.316 e. The number of benzene rings is 2. The molecule has 1 saturated carbocycles. The third-order valence-corrected chi connectivity index (χ3v) is 6.22. The van der Waals surface area contributed by atoms with Gasteiger partial charge in [0.25, 0.3) is 11.8 Å². The SMILES string of the molecule is Cc1ccc(C(=O)NC2CC2)cc1NC(=O)c1cnc(OCc2nc3ccccc3s2)nc1. The number of fused-ring (bicyclic) bond motifs is 1. The van der Waals surface area contributed by atoms with Crippen LogP contribution in [-0.4, -0.2) is 32.8 Å². The monoisotopic (exact) mass is 459 g/mol. The van der Waals surface area contributed by atoms with Crippen LogP contribution in [0.5, 0.6) is 6.01 Å². The van der Waals surface area contributed by atoms with Gasteiger partial charge in [-0.3, -0.25) is 9.59 Å². The van der Waals surface area contributed by atoms with E-state index in [4.69, 9.17) is 4.74 Å². The molecule has 2 N–H and O–H groups in total. The van der Waals surface area contributed by atoms with E-state index in [1.807, 2.05) is 37.3 Å². The molecule has 2 aromatic carbocycles. The molecular weight excluding hydrogens is 438 g/mol. The Hall–Kier alpha value is -3.85. The van der Waals surface area contributed by atoms with Crippen molar-refractivity contribution >= 4 is 39.1 Å². The number of aromatic nitrogens is 3. The zero-order chi connectivity index (χ0) is 22.8. The first-order valence-electron chi connectivity index (χ1n) is 10.6. The molecule has 0 radical (unpaired) electrons. The van der Waals surface area contributed by atoms with Gasteiger partial charge >= 0.3 is 6.01 Å². The standard InChI is InChI=1S/C24H21N5O3S/c1-14-6-7-15(22(30)27-17-8-9-17)10-19(14)29-23(31)16-11-25-24(26-12-16)32-13-21-28-18-4-2-3-5-20(18)33-21/h2-7,10-12,17H,8-9,13H2,1H3,(H,27,30)(H,29,31). The number of hydrogen-bond acceptors (Lipinski definition) is 7. The van der Waals surface area contributed by atoms with Crippen LogP contribution < -0.4 is 15.4 Å². The Labute approximate surface area is 194 Å². The second-order valence-electron chi connectivity index (χ2n) is 7.85. The molecule has 0 unspecified atom stereocenters. The van der Waals surface area contributed by atoms with E-state index >= 15 is 0 Å². The first kappa shape index (κ1) is 21.0. The van der Waals surface area contributed by atoms with Gasteiger partial charge in [0.1, 0.15) is 11.6 Å². The smallest absolute Gasteiger partial charge is 0.316 e. The second-order valence-corrected chi connectivity index (χ2v) is 8.97. The van der Waals surface area contributed by atoms with Crippen LogP contribution in [0.15, 0.2) is 54.9 Å². The molecule has 33 heavy (non-hydrogen) atoms. The van der Waals surface area contributed by atoms with Crippen molar-refractivity contribution in [1.29, 1.82) is 0 Å². The quantitative estimate of drug-likeness (QED) is 0.431. The summed E-state index contributed by atoms with van der Waals surface area (Å²) >= 11 is 1.55. The summed E-state index contributed by atoms with van der Waals surface area (Å²) < 4.78 is 6.71. The number of nitrogens with zero attached hydrogens (tertiary/aromatic N) is 3. The molecule has 0 bridgehead atoms. The van der Waals surface area contributed by atoms with Crippen molar-refractivity contribution in [3.8, 4) is 6.01 Å². The Balaban J connectivity index is 1.21. The number of amides is 2. The van der Waals surface area contributed by atoms with Crippen molar-refractivity contribution in [3.63, 3.8) is 0 Å². The Morgan fingerprint density at radius 2 is 1.85 bits per heavy atom. The van der Waals surface area contributed by atoms with Crippen molar-refractivity contribution in [2.24, 2.45) is 0 Å². The van der Waals surface area contributed by atoms with Gasteiger partial charge < -0.3 is 15.4 Å². The van der Waals surface area contributed by atoms with Crippen LogP contribution in [0.2, 0.25) is 0 Å². The van der Waals surface area contributed by atoms with Crippen molar-refractivity contribution in [2.75, 3.05) is 5.32 Å². The van der Waals surface area contributed by atoms with E-state index in [1.165, 1.54) is 12.4 Å². The molecule has 5 rings (SSSR count). The van der Waals surface area contributed by atoms with E-state index in [9.17, 15) is 9.59 Å². The average molecular weight is 460 g/mol. The number of aryl methyl sites for hydroxylation is 1. The summed E-state index contributed by atoms with van der Waals surface area (Å²) in [5.41, 5.74) is 3.15. The van der Waals surface area contributed by atoms with Gasteiger partial charge in [0.05, 0.1) is 15.8 Å². The van der Waals surface area contributed by atoms with Gasteiger partial charge in [0.2, 0.25) is 0 Å². The zero-order valence-corrected chi connectivity index (χ0v) is 18.7. The van der Waals surface area contributed by atoms with E-state index in [0.717, 1.165) is 33.6 Å². The topological polar surface area (TPSA) is 106 Å². The van der Waals surface area contributed by atoms with E-state index in [1.54, 1.807) is 23.5 Å². The Morgan fingerprint density at radius 3 is 2.61 bits per heavy atom. The summed E-state index contributed by atoms with van der Waals surface area (Å²) in [6, 6.07) is 13.6. The van der Waals surface area contributed by atoms with E-state index in [0.29, 0.717) is 11.3 Å². The number of rotatable bonds is 7. The van der Waals surface area contributed by atoms with E-state index in [2.05, 4.69) is 25.6 Å². The predicted molar refractivity (Wildman–Crippen MR) is 126 cm³/mol. The van der Waals surface area contributed by atoms with Gasteiger partial charge in [-0.2, -0.15) is 0 Å². The van der Waals surface area contributed by atoms with Crippen LogP contribution in [0.4, 0.5) is 5.69 Å². The first-order valence-corrected chi connectivity index (χ1v) is 11.4. The van der Waals surface area contributed by atoms with Gasteiger partial charge in [-0.25, -0.2) is 15.0 Å². The number of thiazole rings is 1. The first-order chi connectivity index (χ1) is 16.0. The van der Waals surface area contributed by atoms with Gasteiger partial charge in [-0.1, -0.05) is 18.2 Å². The number of carbonyl (C=O) groups is 2. The second kappa shape index (κ2) is 8.95. The summed E-state index contributed by atoms with van der Waals surface area (Å²) in [5, 5.41) is 6.61. The highest BCUT2D eigenvalue weighted by Gasteiger charge is 2.24. The molecule has 2 amide bonds. The van der Waals surface area contributed by atoms with Gasteiger partial charge in [-0.05, 0) is 49.6 Å². The van der Waals surface area contributed by atoms with Gasteiger partial charge in [-0.15, -0.1) is 11.3 Å². The van der Waals surface area contributed by atoms with Crippen molar-refractivity contribution in [1.82, 2.24) is 20.3 Å². The minimum atomic E-state index is -0.365. The molecule has 166 valence electrons. The molecule has 4 aromatic rings. The molecule has 8 nitrogen and oxygen atoms in total. The minimum absolute atomic E-state index is 0.133. The largest absolute Gasteiger partial charge is 0.456 e. The average Bonchev–Trinajstić information content (AvgIpc) is 3.54. The third kappa shape index (κ3) is 4.98. The number of nitrogens with one attached hydrogen (secondary N) is 2. The summed E-state index contributed by atoms with van der Waals surface area (Å²) in [6.45, 7) is 2.12. The molecule has 9 heteroatoms. The molecule has 0 atom stereocenters. The lowest BCUT2D eigenvalue weighted by Crippen LogP contribution is -2.25. The number of carbonyl (C=O) groups excluding carboxylic acids is 2. The maximum atomic E-state index is 12.7. The van der Waals surface area contributed by atoms with Crippen LogP contribution in [0.3, 0.4) is 0 Å². The zero-order valence-electron chi connectivity index (χ0n) is 17.9. The summed E-state index contributed by atoms with van der Waals surface area (Å²) in [4.78, 5) is 37.8. The van der Waals surface area contributed by atoms with E-state index in [-0.39, 0.29) is 36.0 Å². The molecule has 1 aliphatic carbocycles. The number of ether oxygens (including phenoxy) is 1. The van der Waals surface area contributed by atoms with Crippen LogP contribution in [0.1, 0.15) is 44.1 Å². The normalized spacial score (nSPS) is 13.0. The van der Waals surface area contributed by atoms with E-state index < -0.39 is 0 Å². The maximum absolute atomic E-state index is 12.7. The molecule has 1 fully saturated rings. The van der Waals surface area contributed by atoms with Crippen LogP contribution >= 0.6 is 11.3 Å². The Morgan fingerprint density at radius 1 is 1.06 bits per heavy atom. The molecule has 2 aromatic heterocycles. The fourth-order valence-electron chi connectivity index (χ4n) is 3.20. The molecule has 1 aliphatic rings. The van der Waals surface area contributed by atoms with Crippen molar-refractivity contribution in [2.45, 2.75) is 32.4 Å². The molecular formula is C24H21N5O3S. The summed E-state index contributed by atoms with van der Waals surface area (Å²) in [7, 11) is 0. The molecule has 0 saturated heterocycles. The van der Waals surface area contributed by atoms with Gasteiger partial charge in [0, 0.05) is 29.7 Å². The fourth-order valence-corrected chi connectivity index (χ4v) is 4.09. The van der Waals surface area contributed by atoms with Crippen molar-refractivity contribution < 1.29 is 14.3 Å². The van der Waals surface area contributed by atoms with Crippen molar-refractivity contribution in [3.05, 3.63) is 76.6 Å². The Bertz CT molecular complexity index is 1300. The number of para-hydroxylation sites is 1. The third-order valence-electron chi connectivity index (χ3n) is 5.21. The lowest BCUT2D eigenvalue weighted by atomic mass is 10.1. The minimum Gasteiger partial charge on any atom is -0.456 e. The highest BCUT2D eigenvalue weighted by molar-refractivity contribution is 7.18. The summed E-state index contributed by atoms with van der Waals surface area (Å²) in [5.74, 6) is -0.499. The number of anilines is 1. The highest BCUT2D eigenvalue weighted by Crippen LogP contribution is 2.23. The van der Waals surface area contributed by atoms with Crippen LogP contribution in [0, 0.1) is 6.92 Å². The van der Waals surface area contributed by atoms with Crippen LogP contribution in [0.25, 0.3) is 10.2 Å². The lowest BCUT2D eigenvalue weighted by Gasteiger charge is -2.11. The molecule has 0 spiro atoms. The predicted octanol–water partition coefficient (Wildman–Crippen LogP) is 4.12. The van der Waals surface area contributed by atoms with Crippen LogP contribution in [-0.2, 0) is 6.61 Å². The van der Waals surface area contributed by atoms with Gasteiger partial charge in [0.15, 0.2) is 0 Å². The summed E-state index contributed by atoms with van der Waals surface area (Å²) in [6.07, 6.45) is 4.85. The Kier molecular flexibility index (Phi) is 5.70. The number of hydrogen-bond donors (Lipinski definition) is 2. The highest BCUT2D eigenvalue weighted by atomic mass is 32.1. The fraction of sp³-hybridized carbons (Fsp3) is 0.208. The molecule has 2 heterocycles.